The number of ketones is 3. The first kappa shape index (κ1) is 66.7. The van der Waals surface area contributed by atoms with Crippen LogP contribution in [-0.2, 0) is 33.4 Å². The highest BCUT2D eigenvalue weighted by atomic mass is 32.2. The van der Waals surface area contributed by atoms with Gasteiger partial charge in [-0.2, -0.15) is 11.8 Å². The second-order valence-electron chi connectivity index (χ2n) is 20.9. The number of aryl methyl sites for hydroxylation is 4. The predicted octanol–water partition coefficient (Wildman–Crippen LogP) is 8.26. The molecule has 0 spiro atoms. The maximum absolute atomic E-state index is 12.7. The normalized spacial score (nSPS) is 15.1. The van der Waals surface area contributed by atoms with E-state index in [4.69, 9.17) is 14.2 Å². The summed E-state index contributed by atoms with van der Waals surface area (Å²) in [5, 5.41) is 28.2. The Hall–Kier alpha value is -7.14. The fraction of sp³-hybridized carbons (Fsp3) is 0.525. The van der Waals surface area contributed by atoms with E-state index < -0.39 is 29.7 Å². The summed E-state index contributed by atoms with van der Waals surface area (Å²) in [6.45, 7) is 12.4. The SMILES string of the molecule is CCCCC(=O)CNC(=O)c1ccc(C(=O)O)c(-n2c(C)ccc2C)c1.Cc1ccc(C)n1-c1cc(C(=O)NNC(=O)CCCC(=O)CCCCOCCOCCOCCCCC(=O)CCCC[C@@H]2SC[C@H]3NC(=O)N[C@@H]23)ccc1C(=O)O. The van der Waals surface area contributed by atoms with E-state index in [1.165, 1.54) is 30.3 Å². The molecule has 0 bridgehead atoms. The van der Waals surface area contributed by atoms with Crippen LogP contribution in [0.2, 0.25) is 0 Å². The number of hydrogen-bond acceptors (Lipinski definition) is 13. The number of hydrazine groups is 1. The molecule has 2 aliphatic rings. The Morgan fingerprint density at radius 2 is 1.02 bits per heavy atom. The topological polar surface area (TPSA) is 292 Å². The van der Waals surface area contributed by atoms with Gasteiger partial charge < -0.3 is 49.5 Å². The highest BCUT2D eigenvalue weighted by Gasteiger charge is 2.42. The van der Waals surface area contributed by atoms with Crippen LogP contribution in [0.25, 0.3) is 11.4 Å². The number of ether oxygens (including phenoxy) is 3. The van der Waals surface area contributed by atoms with Crippen LogP contribution in [0.5, 0.6) is 0 Å². The number of benzene rings is 2. The molecule has 2 aliphatic heterocycles. The molecular formula is C61H83N7O14S. The number of nitrogens with one attached hydrogen (secondary N) is 5. The van der Waals surface area contributed by atoms with Crippen molar-refractivity contribution in [2.24, 2.45) is 0 Å². The number of rotatable bonds is 36. The second-order valence-corrected chi connectivity index (χ2v) is 22.1. The van der Waals surface area contributed by atoms with Crippen molar-refractivity contribution in [1.29, 1.82) is 0 Å². The van der Waals surface area contributed by atoms with E-state index in [-0.39, 0.29) is 65.8 Å². The molecule has 5 amide bonds. The van der Waals surface area contributed by atoms with Crippen LogP contribution < -0.4 is 26.8 Å². The van der Waals surface area contributed by atoms with Gasteiger partial charge in [0.2, 0.25) is 5.91 Å². The van der Waals surface area contributed by atoms with Gasteiger partial charge in [0.25, 0.3) is 11.8 Å². The van der Waals surface area contributed by atoms with E-state index in [2.05, 4.69) is 26.8 Å². The molecule has 452 valence electrons. The fourth-order valence-electron chi connectivity index (χ4n) is 9.78. The molecule has 22 heteroatoms. The fourth-order valence-corrected chi connectivity index (χ4v) is 11.3. The number of hydrogen-bond donors (Lipinski definition) is 7. The molecule has 0 radical (unpaired) electrons. The largest absolute Gasteiger partial charge is 0.478 e. The van der Waals surface area contributed by atoms with Crippen molar-refractivity contribution in [1.82, 2.24) is 35.9 Å². The van der Waals surface area contributed by atoms with Crippen LogP contribution in [0.15, 0.2) is 60.7 Å². The Kier molecular flexibility index (Phi) is 28.2. The summed E-state index contributed by atoms with van der Waals surface area (Å²) in [6, 6.07) is 16.6. The van der Waals surface area contributed by atoms with E-state index >= 15 is 0 Å². The van der Waals surface area contributed by atoms with Crippen molar-refractivity contribution < 1.29 is 67.6 Å². The molecule has 21 nitrogen and oxygen atoms in total. The van der Waals surface area contributed by atoms with Crippen molar-refractivity contribution in [2.75, 3.05) is 51.9 Å². The number of thioether (sulfide) groups is 1. The van der Waals surface area contributed by atoms with E-state index in [1.807, 2.05) is 70.6 Å². The van der Waals surface area contributed by atoms with Gasteiger partial charge in [-0.1, -0.05) is 19.8 Å². The lowest BCUT2D eigenvalue weighted by atomic mass is 10.0. The molecule has 0 aliphatic carbocycles. The van der Waals surface area contributed by atoms with Gasteiger partial charge in [-0.25, -0.2) is 14.4 Å². The van der Waals surface area contributed by atoms with E-state index in [9.17, 15) is 53.4 Å². The lowest BCUT2D eigenvalue weighted by Gasteiger charge is -2.16. The van der Waals surface area contributed by atoms with Gasteiger partial charge in [0.15, 0.2) is 5.78 Å². The summed E-state index contributed by atoms with van der Waals surface area (Å²) in [6.07, 6.45) is 10.5. The molecule has 2 aromatic carbocycles. The predicted molar refractivity (Wildman–Crippen MR) is 315 cm³/mol. The smallest absolute Gasteiger partial charge is 0.337 e. The molecular weight excluding hydrogens is 1090 g/mol. The van der Waals surface area contributed by atoms with Crippen molar-refractivity contribution in [3.63, 3.8) is 0 Å². The third-order valence-corrected chi connectivity index (χ3v) is 15.8. The van der Waals surface area contributed by atoms with Crippen molar-refractivity contribution >= 4 is 64.8 Å². The maximum atomic E-state index is 12.7. The highest BCUT2D eigenvalue weighted by Crippen LogP contribution is 2.33. The number of aromatic carboxylic acids is 2. The minimum Gasteiger partial charge on any atom is -0.478 e. The minimum atomic E-state index is -1.12. The Morgan fingerprint density at radius 1 is 0.554 bits per heavy atom. The highest BCUT2D eigenvalue weighted by molar-refractivity contribution is 8.00. The molecule has 7 N–H and O–H groups in total. The molecule has 3 atom stereocenters. The number of Topliss-reactive ketones (excluding diaryl/α,β-unsaturated/α-hetero) is 3. The first-order valence-electron chi connectivity index (χ1n) is 28.8. The van der Waals surface area contributed by atoms with Crippen molar-refractivity contribution in [2.45, 2.75) is 155 Å². The van der Waals surface area contributed by atoms with Gasteiger partial charge in [-0.05, 0) is 140 Å². The summed E-state index contributed by atoms with van der Waals surface area (Å²) in [5.74, 6) is -2.28. The molecule has 0 saturated carbocycles. The van der Waals surface area contributed by atoms with Crippen LogP contribution in [0, 0.1) is 27.7 Å². The number of carboxylic acids is 2. The van der Waals surface area contributed by atoms with Crippen LogP contribution in [0.1, 0.15) is 174 Å². The Morgan fingerprint density at radius 3 is 1.53 bits per heavy atom. The quantitative estimate of drug-likeness (QED) is 0.0128. The molecule has 83 heavy (non-hydrogen) atoms. The number of fused-ring (bicyclic) bond motifs is 1. The van der Waals surface area contributed by atoms with Crippen molar-refractivity contribution in [3.05, 3.63) is 106 Å². The second kappa shape index (κ2) is 35.1. The summed E-state index contributed by atoms with van der Waals surface area (Å²) in [5.41, 5.74) is 9.55. The van der Waals surface area contributed by atoms with Gasteiger partial charge in [-0.15, -0.1) is 0 Å². The van der Waals surface area contributed by atoms with Crippen LogP contribution in [0.4, 0.5) is 4.79 Å². The Bertz CT molecular complexity index is 2820. The first-order chi connectivity index (χ1) is 39.9. The van der Waals surface area contributed by atoms with Crippen molar-refractivity contribution in [3.8, 4) is 11.4 Å². The summed E-state index contributed by atoms with van der Waals surface area (Å²) in [4.78, 5) is 108. The molecule has 2 aromatic heterocycles. The number of carbonyl (C=O) groups excluding carboxylic acids is 7. The van der Waals surface area contributed by atoms with Gasteiger partial charge >= 0.3 is 18.0 Å². The molecule has 0 unspecified atom stereocenters. The van der Waals surface area contributed by atoms with Gasteiger partial charge in [0.05, 0.1) is 67.6 Å². The zero-order chi connectivity index (χ0) is 60.3. The minimum absolute atomic E-state index is 0.0142. The molecule has 6 rings (SSSR count). The standard InChI is InChI=1S/C41H59N5O10S.C20H24N2O4/c1-28-16-17-29(2)46(28)35-26-30(18-19-33(35)40(51)52)39(50)45-44-37(49)15-9-13-32(48)12-6-8-21-55-23-25-56-24-22-54-20-7-5-11-31(47)10-3-4-14-36-38-34(27-57-36)42-41(53)43-38;1-4-5-6-16(23)12-21-19(24)15-9-10-17(20(25)26)18(11-15)22-13(2)7-8-14(22)3/h16-19,26,34,36,38H,3-15,20-25,27H2,1-2H3,(H,44,49)(H,45,50)(H,51,52)(H2,42,43,53);7-11H,4-6,12H2,1-3H3,(H,21,24)(H,25,26)/t34-,36+,38-;/m1./s1. The third kappa shape index (κ3) is 21.9. The number of carbonyl (C=O) groups is 9. The number of amides is 5. The summed E-state index contributed by atoms with van der Waals surface area (Å²) < 4.78 is 20.3. The molecule has 4 heterocycles. The van der Waals surface area contributed by atoms with E-state index in [0.717, 1.165) is 79.9 Å². The third-order valence-electron chi connectivity index (χ3n) is 14.3. The van der Waals surface area contributed by atoms with Gasteiger partial charge in [-0.3, -0.25) is 39.6 Å². The zero-order valence-corrected chi connectivity index (χ0v) is 49.4. The van der Waals surface area contributed by atoms with Crippen LogP contribution in [0.3, 0.4) is 0 Å². The number of nitrogens with zero attached hydrogens (tertiary/aromatic N) is 2. The lowest BCUT2D eigenvalue weighted by molar-refractivity contribution is -0.122. The van der Waals surface area contributed by atoms with Gasteiger partial charge in [0.1, 0.15) is 11.6 Å². The molecule has 2 saturated heterocycles. The summed E-state index contributed by atoms with van der Waals surface area (Å²) >= 11 is 1.91. The number of urea groups is 1. The first-order valence-corrected chi connectivity index (χ1v) is 29.8. The zero-order valence-electron chi connectivity index (χ0n) is 48.6. The number of unbranched alkanes of at least 4 members (excludes halogenated alkanes) is 4. The lowest BCUT2D eigenvalue weighted by Crippen LogP contribution is -2.41. The van der Waals surface area contributed by atoms with Crippen LogP contribution >= 0.6 is 11.8 Å². The van der Waals surface area contributed by atoms with E-state index in [1.54, 1.807) is 15.2 Å². The number of carboxylic acid groups (broad SMARTS) is 2. The van der Waals surface area contributed by atoms with E-state index in [0.29, 0.717) is 106 Å². The Labute approximate surface area is 490 Å². The molecule has 2 fully saturated rings. The average Bonchev–Trinajstić information content (AvgIpc) is 4.40. The van der Waals surface area contributed by atoms with Gasteiger partial charge in [0, 0.05) is 96.6 Å². The maximum Gasteiger partial charge on any atom is 0.337 e. The Balaban J connectivity index is 0.000000403. The summed E-state index contributed by atoms with van der Waals surface area (Å²) in [7, 11) is 0. The number of aromatic nitrogens is 2. The molecule has 4 aromatic rings. The van der Waals surface area contributed by atoms with Crippen LogP contribution in [-0.4, -0.2) is 142 Å². The average molecular weight is 1170 g/mol. The monoisotopic (exact) mass is 1170 g/mol.